The molecule has 106 valence electrons. The van der Waals surface area contributed by atoms with E-state index in [9.17, 15) is 18.0 Å². The third kappa shape index (κ3) is 4.38. The number of ether oxygens (including phenoxy) is 2. The highest BCUT2D eigenvalue weighted by molar-refractivity contribution is 5.74. The Morgan fingerprint density at radius 1 is 1.42 bits per heavy atom. The number of carbonyl (C=O) groups is 1. The molecular weight excluding hydrogens is 265 g/mol. The molecule has 0 radical (unpaired) electrons. The molecule has 8 heteroatoms. The van der Waals surface area contributed by atoms with Gasteiger partial charge in [0.2, 0.25) is 5.88 Å². The van der Waals surface area contributed by atoms with Gasteiger partial charge in [-0.2, -0.15) is 18.2 Å². The molecule has 0 fully saturated rings. The molecule has 1 rings (SSSR count). The predicted octanol–water partition coefficient (Wildman–Crippen LogP) is 2.13. The van der Waals surface area contributed by atoms with Crippen LogP contribution in [0.2, 0.25) is 0 Å². The number of aromatic nitrogens is 2. The lowest BCUT2D eigenvalue weighted by Gasteiger charge is -2.14. The highest BCUT2D eigenvalue weighted by Gasteiger charge is 2.34. The third-order valence-electron chi connectivity index (χ3n) is 2.02. The van der Waals surface area contributed by atoms with E-state index in [0.717, 1.165) is 0 Å². The number of hydrogen-bond acceptors (Lipinski definition) is 5. The quantitative estimate of drug-likeness (QED) is 0.790. The zero-order valence-corrected chi connectivity index (χ0v) is 10.6. The van der Waals surface area contributed by atoms with Crippen molar-refractivity contribution >= 4 is 5.97 Å². The summed E-state index contributed by atoms with van der Waals surface area (Å²) >= 11 is 0. The van der Waals surface area contributed by atoms with Crippen LogP contribution in [0, 0.1) is 6.92 Å². The summed E-state index contributed by atoms with van der Waals surface area (Å²) in [5.41, 5.74) is -1.12. The van der Waals surface area contributed by atoms with Crippen molar-refractivity contribution in [3.05, 3.63) is 17.6 Å². The molecule has 1 aromatic rings. The second-order valence-electron chi connectivity index (χ2n) is 3.65. The number of carbonyl (C=O) groups excluding carboxylic acids is 1. The second-order valence-corrected chi connectivity index (χ2v) is 3.65. The minimum absolute atomic E-state index is 0.0964. The van der Waals surface area contributed by atoms with Crippen molar-refractivity contribution in [3.8, 4) is 5.88 Å². The maximum Gasteiger partial charge on any atom is 0.433 e. The van der Waals surface area contributed by atoms with E-state index in [1.807, 2.05) is 0 Å². The van der Waals surface area contributed by atoms with E-state index in [1.54, 1.807) is 6.92 Å². The topological polar surface area (TPSA) is 61.3 Å². The van der Waals surface area contributed by atoms with Crippen LogP contribution >= 0.6 is 0 Å². The molecule has 19 heavy (non-hydrogen) atoms. The highest BCUT2D eigenvalue weighted by Crippen LogP contribution is 2.29. The van der Waals surface area contributed by atoms with Crippen molar-refractivity contribution < 1.29 is 27.4 Å². The van der Waals surface area contributed by atoms with Gasteiger partial charge in [-0.1, -0.05) is 0 Å². The van der Waals surface area contributed by atoms with Crippen LogP contribution in [0.3, 0.4) is 0 Å². The molecule has 0 aromatic carbocycles. The number of rotatable bonds is 4. The Morgan fingerprint density at radius 3 is 2.58 bits per heavy atom. The van der Waals surface area contributed by atoms with Gasteiger partial charge in [-0.15, -0.1) is 0 Å². The van der Waals surface area contributed by atoms with Crippen molar-refractivity contribution in [1.29, 1.82) is 0 Å². The smallest absolute Gasteiger partial charge is 0.433 e. The van der Waals surface area contributed by atoms with Crippen LogP contribution in [-0.2, 0) is 15.7 Å². The average molecular weight is 278 g/mol. The maximum atomic E-state index is 12.5. The van der Waals surface area contributed by atoms with Gasteiger partial charge in [-0.25, -0.2) is 9.78 Å². The van der Waals surface area contributed by atoms with E-state index in [2.05, 4.69) is 14.7 Å². The summed E-state index contributed by atoms with van der Waals surface area (Å²) in [7, 11) is 0. The zero-order chi connectivity index (χ0) is 14.6. The highest BCUT2D eigenvalue weighted by atomic mass is 19.4. The molecule has 1 atom stereocenters. The van der Waals surface area contributed by atoms with Gasteiger partial charge in [0.05, 0.1) is 6.61 Å². The van der Waals surface area contributed by atoms with Crippen LogP contribution in [-0.4, -0.2) is 28.6 Å². The largest absolute Gasteiger partial charge is 0.463 e. The predicted molar refractivity (Wildman–Crippen MR) is 58.5 cm³/mol. The van der Waals surface area contributed by atoms with Gasteiger partial charge in [0.15, 0.2) is 11.8 Å². The maximum absolute atomic E-state index is 12.5. The van der Waals surface area contributed by atoms with E-state index in [-0.39, 0.29) is 18.3 Å². The number of esters is 1. The number of nitrogens with zero attached hydrogens (tertiary/aromatic N) is 2. The first-order chi connectivity index (χ1) is 8.74. The third-order valence-corrected chi connectivity index (χ3v) is 2.02. The Hall–Kier alpha value is -1.86. The summed E-state index contributed by atoms with van der Waals surface area (Å²) in [4.78, 5) is 18.3. The Bertz CT molecular complexity index is 463. The van der Waals surface area contributed by atoms with E-state index >= 15 is 0 Å². The van der Waals surface area contributed by atoms with E-state index in [4.69, 9.17) is 4.74 Å². The van der Waals surface area contributed by atoms with Crippen LogP contribution < -0.4 is 4.74 Å². The molecule has 0 aliphatic heterocycles. The molecule has 1 unspecified atom stereocenters. The van der Waals surface area contributed by atoms with Crippen molar-refractivity contribution in [3.63, 3.8) is 0 Å². The normalized spacial score (nSPS) is 12.9. The molecule has 0 N–H and O–H groups in total. The Morgan fingerprint density at radius 2 is 2.05 bits per heavy atom. The summed E-state index contributed by atoms with van der Waals surface area (Å²) in [6.07, 6.45) is -5.64. The zero-order valence-electron chi connectivity index (χ0n) is 10.6. The van der Waals surface area contributed by atoms with Gasteiger partial charge in [0.25, 0.3) is 0 Å². The summed E-state index contributed by atoms with van der Waals surface area (Å²) in [5, 5.41) is 0. The Balaban J connectivity index is 2.90. The Labute approximate surface area is 107 Å². The molecule has 5 nitrogen and oxygen atoms in total. The molecule has 1 aromatic heterocycles. The number of hydrogen-bond donors (Lipinski definition) is 0. The van der Waals surface area contributed by atoms with Gasteiger partial charge in [0.1, 0.15) is 5.82 Å². The summed E-state index contributed by atoms with van der Waals surface area (Å²) in [5.74, 6) is -1.09. The summed E-state index contributed by atoms with van der Waals surface area (Å²) in [6.45, 7) is 4.43. The van der Waals surface area contributed by atoms with Crippen LogP contribution in [0.15, 0.2) is 6.07 Å². The molecular formula is C11H13F3N2O3. The summed E-state index contributed by atoms with van der Waals surface area (Å²) in [6, 6.07) is 0.642. The van der Waals surface area contributed by atoms with Crippen LogP contribution in [0.25, 0.3) is 0 Å². The second kappa shape index (κ2) is 5.85. The molecule has 0 spiro atoms. The summed E-state index contributed by atoms with van der Waals surface area (Å²) < 4.78 is 47.3. The number of halogens is 3. The molecule has 1 heterocycles. The molecule has 0 aliphatic rings. The minimum atomic E-state index is -4.60. The lowest BCUT2D eigenvalue weighted by Crippen LogP contribution is -2.26. The molecule has 0 saturated heterocycles. The molecule has 0 aliphatic carbocycles. The SMILES string of the molecule is CCOC(=O)C(C)Oc1cc(C(F)(F)F)nc(C)n1. The number of aryl methyl sites for hydroxylation is 1. The van der Waals surface area contributed by atoms with Crippen molar-refractivity contribution in [2.24, 2.45) is 0 Å². The number of alkyl halides is 3. The standard InChI is InChI=1S/C11H13F3N2O3/c1-4-18-10(17)6(2)19-9-5-8(11(12,13)14)15-7(3)16-9/h5-6H,4H2,1-3H3. The minimum Gasteiger partial charge on any atom is -0.463 e. The van der Waals surface area contributed by atoms with Gasteiger partial charge in [0, 0.05) is 6.07 Å². The van der Waals surface area contributed by atoms with Crippen molar-refractivity contribution in [2.45, 2.75) is 33.1 Å². The van der Waals surface area contributed by atoms with E-state index in [1.165, 1.54) is 13.8 Å². The monoisotopic (exact) mass is 278 g/mol. The van der Waals surface area contributed by atoms with Crippen LogP contribution in [0.5, 0.6) is 5.88 Å². The van der Waals surface area contributed by atoms with Crippen LogP contribution in [0.1, 0.15) is 25.4 Å². The lowest BCUT2D eigenvalue weighted by molar-refractivity contribution is -0.150. The van der Waals surface area contributed by atoms with Gasteiger partial charge >= 0.3 is 12.1 Å². The van der Waals surface area contributed by atoms with Crippen molar-refractivity contribution in [1.82, 2.24) is 9.97 Å². The van der Waals surface area contributed by atoms with Crippen LogP contribution in [0.4, 0.5) is 13.2 Å². The van der Waals surface area contributed by atoms with Gasteiger partial charge in [-0.05, 0) is 20.8 Å². The lowest BCUT2D eigenvalue weighted by atomic mass is 10.3. The first kappa shape index (κ1) is 15.2. The van der Waals surface area contributed by atoms with Gasteiger partial charge < -0.3 is 9.47 Å². The molecule has 0 saturated carbocycles. The first-order valence-corrected chi connectivity index (χ1v) is 5.50. The first-order valence-electron chi connectivity index (χ1n) is 5.50. The van der Waals surface area contributed by atoms with E-state index < -0.39 is 23.9 Å². The average Bonchev–Trinajstić information content (AvgIpc) is 2.27. The fourth-order valence-electron chi connectivity index (χ4n) is 1.23. The van der Waals surface area contributed by atoms with E-state index in [0.29, 0.717) is 6.07 Å². The Kier molecular flexibility index (Phi) is 4.68. The van der Waals surface area contributed by atoms with Crippen molar-refractivity contribution in [2.75, 3.05) is 6.61 Å². The fourth-order valence-corrected chi connectivity index (χ4v) is 1.23. The molecule has 0 bridgehead atoms. The van der Waals surface area contributed by atoms with Gasteiger partial charge in [-0.3, -0.25) is 0 Å². The molecule has 0 amide bonds. The fraction of sp³-hybridized carbons (Fsp3) is 0.545.